The van der Waals surface area contributed by atoms with Crippen molar-refractivity contribution in [2.45, 2.75) is 266 Å². The molecule has 0 aliphatic heterocycles. The van der Waals surface area contributed by atoms with Crippen LogP contribution in [0.15, 0.2) is 48.6 Å². The fraction of sp³-hybridized carbons (Fsp3) is 0.828. The zero-order valence-electron chi connectivity index (χ0n) is 42.8. The lowest BCUT2D eigenvalue weighted by atomic mass is 9.96. The van der Waals surface area contributed by atoms with Gasteiger partial charge in [0.2, 0.25) is 0 Å². The van der Waals surface area contributed by atoms with Crippen molar-refractivity contribution < 1.29 is 19.1 Å². The number of carbonyl (C=O) groups is 2. The number of esters is 2. The first kappa shape index (κ1) is 60.9. The standard InChI is InChI=1S/C58H107NO4/c1-6-11-14-17-20-22-24-26-28-30-32-34-36-39-42-48-57(60)62-53-56(52-59(50-45-41-38-19-16-13-8-3)51-46-44-47-55(9-4)10-5)54-63-58(61)49-43-40-37-35-33-31-29-27-25-23-21-18-15-12-7-2/h20-23,26-29,55-56H,6-19,24-25,30-54H2,1-5H3/b22-20-,23-21-,28-26-,29-27-. The van der Waals surface area contributed by atoms with Gasteiger partial charge in [-0.05, 0) is 109 Å². The number of hydrogen-bond acceptors (Lipinski definition) is 5. The Hall–Kier alpha value is -2.14. The van der Waals surface area contributed by atoms with Gasteiger partial charge in [-0.25, -0.2) is 0 Å². The average molecular weight is 882 g/mol. The predicted octanol–water partition coefficient (Wildman–Crippen LogP) is 18.0. The number of allylic oxidation sites excluding steroid dienone is 8. The Balaban J connectivity index is 4.91. The van der Waals surface area contributed by atoms with Gasteiger partial charge in [0.05, 0.1) is 13.2 Å². The van der Waals surface area contributed by atoms with Gasteiger partial charge in [-0.2, -0.15) is 0 Å². The van der Waals surface area contributed by atoms with Crippen LogP contribution in [-0.2, 0) is 19.1 Å². The average Bonchev–Trinajstić information content (AvgIpc) is 3.29. The smallest absolute Gasteiger partial charge is 0.305 e. The molecule has 5 nitrogen and oxygen atoms in total. The fourth-order valence-corrected chi connectivity index (χ4v) is 8.30. The Kier molecular flexibility index (Phi) is 49.1. The molecule has 368 valence electrons. The van der Waals surface area contributed by atoms with E-state index in [2.05, 4.69) is 88.1 Å². The number of carbonyl (C=O) groups excluding carboxylic acids is 2. The summed E-state index contributed by atoms with van der Waals surface area (Å²) in [5, 5.41) is 0. The highest BCUT2D eigenvalue weighted by molar-refractivity contribution is 5.69. The second-order valence-corrected chi connectivity index (χ2v) is 18.8. The summed E-state index contributed by atoms with van der Waals surface area (Å²) in [5.74, 6) is 0.611. The molecule has 0 aromatic carbocycles. The maximum absolute atomic E-state index is 13.0. The van der Waals surface area contributed by atoms with Crippen molar-refractivity contribution in [2.24, 2.45) is 11.8 Å². The van der Waals surface area contributed by atoms with Crippen LogP contribution in [0.2, 0.25) is 0 Å². The third-order valence-corrected chi connectivity index (χ3v) is 12.7. The zero-order chi connectivity index (χ0) is 45.9. The molecule has 0 saturated heterocycles. The lowest BCUT2D eigenvalue weighted by Gasteiger charge is -2.28. The Morgan fingerprint density at radius 3 is 1.17 bits per heavy atom. The molecule has 0 N–H and O–H groups in total. The first-order valence-corrected chi connectivity index (χ1v) is 27.6. The largest absolute Gasteiger partial charge is 0.465 e. The third kappa shape index (κ3) is 46.2. The molecule has 0 saturated carbocycles. The van der Waals surface area contributed by atoms with Crippen molar-refractivity contribution in [1.29, 1.82) is 0 Å². The molecule has 0 bridgehead atoms. The van der Waals surface area contributed by atoms with Crippen molar-refractivity contribution in [3.05, 3.63) is 48.6 Å². The number of rotatable bonds is 49. The molecular formula is C58H107NO4. The molecule has 0 radical (unpaired) electrons. The van der Waals surface area contributed by atoms with Crippen LogP contribution in [0.4, 0.5) is 0 Å². The Morgan fingerprint density at radius 1 is 0.397 bits per heavy atom. The van der Waals surface area contributed by atoms with Crippen LogP contribution in [0, 0.1) is 11.8 Å². The van der Waals surface area contributed by atoms with Crippen molar-refractivity contribution in [3.8, 4) is 0 Å². The summed E-state index contributed by atoms with van der Waals surface area (Å²) in [4.78, 5) is 28.5. The quantitative estimate of drug-likeness (QED) is 0.0346. The monoisotopic (exact) mass is 882 g/mol. The molecular weight excluding hydrogens is 775 g/mol. The van der Waals surface area contributed by atoms with Crippen LogP contribution in [0.5, 0.6) is 0 Å². The van der Waals surface area contributed by atoms with Gasteiger partial charge in [-0.3, -0.25) is 9.59 Å². The van der Waals surface area contributed by atoms with Gasteiger partial charge in [-0.15, -0.1) is 0 Å². The Bertz CT molecular complexity index is 1010. The van der Waals surface area contributed by atoms with E-state index >= 15 is 0 Å². The molecule has 0 rings (SSSR count). The minimum absolute atomic E-state index is 0.00399. The van der Waals surface area contributed by atoms with Crippen LogP contribution in [0.1, 0.15) is 266 Å². The summed E-state index contributed by atoms with van der Waals surface area (Å²) in [6.07, 6.45) is 60.5. The highest BCUT2D eigenvalue weighted by Crippen LogP contribution is 2.18. The summed E-state index contributed by atoms with van der Waals surface area (Å²) in [7, 11) is 0. The predicted molar refractivity (Wildman–Crippen MR) is 276 cm³/mol. The molecule has 0 aromatic heterocycles. The van der Waals surface area contributed by atoms with Gasteiger partial charge in [0.25, 0.3) is 0 Å². The molecule has 0 aliphatic rings. The molecule has 0 heterocycles. The van der Waals surface area contributed by atoms with Crippen LogP contribution >= 0.6 is 0 Å². The van der Waals surface area contributed by atoms with Crippen LogP contribution in [-0.4, -0.2) is 49.7 Å². The topological polar surface area (TPSA) is 55.8 Å². The Morgan fingerprint density at radius 2 is 0.746 bits per heavy atom. The summed E-state index contributed by atoms with van der Waals surface area (Å²) >= 11 is 0. The summed E-state index contributed by atoms with van der Waals surface area (Å²) in [6.45, 7) is 15.0. The van der Waals surface area contributed by atoms with E-state index in [1.165, 1.54) is 154 Å². The van der Waals surface area contributed by atoms with Crippen molar-refractivity contribution in [2.75, 3.05) is 32.8 Å². The van der Waals surface area contributed by atoms with E-state index in [0.717, 1.165) is 89.8 Å². The van der Waals surface area contributed by atoms with Crippen LogP contribution < -0.4 is 0 Å². The maximum atomic E-state index is 13.0. The lowest BCUT2D eigenvalue weighted by Crippen LogP contribution is -2.36. The van der Waals surface area contributed by atoms with Gasteiger partial charge in [0, 0.05) is 25.3 Å². The first-order chi connectivity index (χ1) is 31.0. The molecule has 5 heteroatoms. The first-order valence-electron chi connectivity index (χ1n) is 27.6. The van der Waals surface area contributed by atoms with E-state index < -0.39 is 0 Å². The van der Waals surface area contributed by atoms with Crippen molar-refractivity contribution in [1.82, 2.24) is 4.90 Å². The van der Waals surface area contributed by atoms with Gasteiger partial charge >= 0.3 is 11.9 Å². The third-order valence-electron chi connectivity index (χ3n) is 12.7. The number of ether oxygens (including phenoxy) is 2. The summed E-state index contributed by atoms with van der Waals surface area (Å²) in [6, 6.07) is 0. The minimum atomic E-state index is -0.106. The second-order valence-electron chi connectivity index (χ2n) is 18.8. The SMILES string of the molecule is CCCCC/C=C\C/C=C\CCCCCCCC(=O)OCC(COC(=O)CCCCCCC/C=C\C/C=C\CCCCC)CN(CCCCCCCCC)CCCCC(CC)CC. The Labute approximate surface area is 393 Å². The zero-order valence-corrected chi connectivity index (χ0v) is 42.8. The van der Waals surface area contributed by atoms with Crippen molar-refractivity contribution in [3.63, 3.8) is 0 Å². The highest BCUT2D eigenvalue weighted by Gasteiger charge is 2.19. The van der Waals surface area contributed by atoms with Gasteiger partial charge < -0.3 is 14.4 Å². The molecule has 0 atom stereocenters. The molecule has 0 spiro atoms. The molecule has 0 amide bonds. The lowest BCUT2D eigenvalue weighted by molar-refractivity contribution is -0.149. The van der Waals surface area contributed by atoms with E-state index in [-0.39, 0.29) is 17.9 Å². The van der Waals surface area contributed by atoms with E-state index in [4.69, 9.17) is 9.47 Å². The van der Waals surface area contributed by atoms with Crippen molar-refractivity contribution >= 4 is 11.9 Å². The van der Waals surface area contributed by atoms with E-state index in [1.807, 2.05) is 0 Å². The fourth-order valence-electron chi connectivity index (χ4n) is 8.30. The van der Waals surface area contributed by atoms with E-state index in [9.17, 15) is 9.59 Å². The maximum Gasteiger partial charge on any atom is 0.305 e. The number of unbranched alkanes of at least 4 members (excludes halogenated alkanes) is 23. The number of nitrogens with zero attached hydrogens (tertiary/aromatic N) is 1. The molecule has 0 aromatic rings. The highest BCUT2D eigenvalue weighted by atomic mass is 16.5. The second kappa shape index (κ2) is 50.9. The molecule has 0 fully saturated rings. The van der Waals surface area contributed by atoms with E-state index in [1.54, 1.807) is 0 Å². The summed E-state index contributed by atoms with van der Waals surface area (Å²) in [5.41, 5.74) is 0. The number of hydrogen-bond donors (Lipinski definition) is 0. The molecule has 63 heavy (non-hydrogen) atoms. The van der Waals surface area contributed by atoms with Gasteiger partial charge in [-0.1, -0.05) is 212 Å². The minimum Gasteiger partial charge on any atom is -0.465 e. The molecule has 0 aliphatic carbocycles. The normalized spacial score (nSPS) is 12.3. The van der Waals surface area contributed by atoms with Gasteiger partial charge in [0.1, 0.15) is 0 Å². The summed E-state index contributed by atoms with van der Waals surface area (Å²) < 4.78 is 11.9. The van der Waals surface area contributed by atoms with E-state index in [0.29, 0.717) is 26.1 Å². The van der Waals surface area contributed by atoms with Crippen LogP contribution in [0.3, 0.4) is 0 Å². The molecule has 0 unspecified atom stereocenters. The van der Waals surface area contributed by atoms with Crippen LogP contribution in [0.25, 0.3) is 0 Å². The van der Waals surface area contributed by atoms with Gasteiger partial charge in [0.15, 0.2) is 0 Å².